The summed E-state index contributed by atoms with van der Waals surface area (Å²) in [5, 5.41) is 0. The first-order chi connectivity index (χ1) is 12.8. The van der Waals surface area contributed by atoms with Crippen LogP contribution in [0.15, 0.2) is 91.6 Å². The molecule has 0 fully saturated rings. The molecule has 0 radical (unpaired) electrons. The second-order valence-corrected chi connectivity index (χ2v) is 34.1. The van der Waals surface area contributed by atoms with Gasteiger partial charge in [-0.25, -0.2) is 0 Å². The molecule has 0 amide bonds. The van der Waals surface area contributed by atoms with Gasteiger partial charge in [0.05, 0.1) is 0 Å². The molecular formula is C24H27Cl2HfSi. The Hall–Kier alpha value is -0.933. The Balaban J connectivity index is 0.00000140. The van der Waals surface area contributed by atoms with Crippen molar-refractivity contribution < 1.29 is 20.6 Å². The van der Waals surface area contributed by atoms with Crippen molar-refractivity contribution >= 4 is 41.9 Å². The molecular weight excluding hydrogens is 566 g/mol. The molecule has 0 saturated carbocycles. The van der Waals surface area contributed by atoms with Gasteiger partial charge >= 0.3 is 166 Å². The van der Waals surface area contributed by atoms with Crippen molar-refractivity contribution in [2.75, 3.05) is 0 Å². The van der Waals surface area contributed by atoms with Gasteiger partial charge in [0.2, 0.25) is 0 Å². The molecule has 0 unspecified atom stereocenters. The van der Waals surface area contributed by atoms with E-state index in [0.717, 1.165) is 0 Å². The molecule has 4 rings (SSSR count). The van der Waals surface area contributed by atoms with Crippen molar-refractivity contribution in [1.29, 1.82) is 0 Å². The molecule has 0 spiro atoms. The van der Waals surface area contributed by atoms with Crippen LogP contribution in [0.5, 0.6) is 0 Å². The van der Waals surface area contributed by atoms with Crippen LogP contribution in [0.2, 0.25) is 13.1 Å². The van der Waals surface area contributed by atoms with Crippen LogP contribution < -0.4 is 0 Å². The van der Waals surface area contributed by atoms with Crippen LogP contribution >= 0.6 is 24.8 Å². The molecule has 4 heteroatoms. The number of hydrogen-bond acceptors (Lipinski definition) is 0. The Morgan fingerprint density at radius 2 is 1.04 bits per heavy atom. The average Bonchev–Trinajstić information content (AvgIpc) is 3.33. The van der Waals surface area contributed by atoms with Crippen LogP contribution in [-0.2, 0) is 20.6 Å². The molecule has 0 bridgehead atoms. The third kappa shape index (κ3) is 4.79. The summed E-state index contributed by atoms with van der Waals surface area (Å²) in [7, 11) is 0. The molecule has 0 N–H and O–H groups in total. The van der Waals surface area contributed by atoms with E-state index < -0.39 is 26.6 Å². The molecule has 0 nitrogen and oxygen atoms in total. The van der Waals surface area contributed by atoms with Gasteiger partial charge in [0.25, 0.3) is 0 Å². The summed E-state index contributed by atoms with van der Waals surface area (Å²) in [5.41, 5.74) is 5.95. The largest absolute Gasteiger partial charge is 0.147 e. The van der Waals surface area contributed by atoms with E-state index in [-0.39, 0.29) is 24.8 Å². The van der Waals surface area contributed by atoms with E-state index in [4.69, 9.17) is 0 Å². The first kappa shape index (κ1) is 23.3. The first-order valence-electron chi connectivity index (χ1n) is 9.53. The third-order valence-electron chi connectivity index (χ3n) is 5.26. The molecule has 0 atom stereocenters. The molecule has 2 aromatic carbocycles. The van der Waals surface area contributed by atoms with Gasteiger partial charge < -0.3 is 0 Å². The van der Waals surface area contributed by atoms with Crippen LogP contribution in [0.1, 0.15) is 24.0 Å². The van der Waals surface area contributed by atoms with Crippen molar-refractivity contribution in [1.82, 2.24) is 0 Å². The third-order valence-corrected chi connectivity index (χ3v) is 32.6. The fourth-order valence-corrected chi connectivity index (χ4v) is 32.5. The summed E-state index contributed by atoms with van der Waals surface area (Å²) in [6, 6.07) is 22.1. The zero-order valence-corrected chi connectivity index (χ0v) is 22.8. The van der Waals surface area contributed by atoms with Crippen LogP contribution in [-0.4, -0.2) is 5.98 Å². The topological polar surface area (TPSA) is 0 Å². The van der Waals surface area contributed by atoms with E-state index in [1.165, 1.54) is 24.0 Å². The first-order valence-corrected chi connectivity index (χ1v) is 22.2. The maximum absolute atomic E-state index is 2.60. The molecule has 0 heterocycles. The van der Waals surface area contributed by atoms with Gasteiger partial charge in [0.15, 0.2) is 0 Å². The second kappa shape index (κ2) is 10.7. The van der Waals surface area contributed by atoms with Crippen molar-refractivity contribution in [2.45, 2.75) is 25.9 Å². The van der Waals surface area contributed by atoms with Gasteiger partial charge in [-0.3, -0.25) is 0 Å². The van der Waals surface area contributed by atoms with E-state index in [1.807, 2.05) is 6.66 Å². The minimum absolute atomic E-state index is 0. The number of rotatable bonds is 5. The Morgan fingerprint density at radius 3 is 1.39 bits per heavy atom. The Bertz CT molecular complexity index is 839. The van der Waals surface area contributed by atoms with Crippen molar-refractivity contribution in [3.8, 4) is 0 Å². The Kier molecular flexibility index (Phi) is 8.95. The fraction of sp³-hybridized carbons (Fsp3) is 0.167. The number of halogens is 2. The average molecular weight is 593 g/mol. The smallest absolute Gasteiger partial charge is 0.147 e. The summed E-state index contributed by atoms with van der Waals surface area (Å²) in [5.74, 6) is -0.699. The van der Waals surface area contributed by atoms with Crippen molar-refractivity contribution in [3.05, 3.63) is 103 Å². The van der Waals surface area contributed by atoms with E-state index >= 15 is 0 Å². The molecule has 28 heavy (non-hydrogen) atoms. The van der Waals surface area contributed by atoms with Crippen molar-refractivity contribution in [3.63, 3.8) is 0 Å². The molecule has 2 aliphatic carbocycles. The summed E-state index contributed by atoms with van der Waals surface area (Å²) >= 11 is -2.01. The zero-order valence-electron chi connectivity index (χ0n) is 16.4. The van der Waals surface area contributed by atoms with E-state index in [1.54, 1.807) is 11.1 Å². The van der Waals surface area contributed by atoms with Crippen LogP contribution in [0.25, 0.3) is 11.1 Å². The predicted molar refractivity (Wildman–Crippen MR) is 128 cm³/mol. The predicted octanol–water partition coefficient (Wildman–Crippen LogP) is 7.17. The summed E-state index contributed by atoms with van der Waals surface area (Å²) in [6.07, 6.45) is 12.0. The summed E-state index contributed by atoms with van der Waals surface area (Å²) < 4.78 is 3.71. The molecule has 2 aliphatic rings. The van der Waals surface area contributed by atoms with Crippen LogP contribution in [0, 0.1) is 0 Å². The zero-order chi connectivity index (χ0) is 17.9. The van der Waals surface area contributed by atoms with Crippen LogP contribution in [0.4, 0.5) is 0 Å². The number of benzene rings is 2. The molecule has 0 saturated heterocycles. The Labute approximate surface area is 190 Å². The minimum atomic E-state index is -2.01. The van der Waals surface area contributed by atoms with E-state index in [0.29, 0.717) is 0 Å². The minimum Gasteiger partial charge on any atom is -0.147 e. The molecule has 145 valence electrons. The van der Waals surface area contributed by atoms with E-state index in [9.17, 15) is 0 Å². The normalized spacial score (nSPS) is 15.1. The molecule has 0 aromatic heterocycles. The number of hydrogen-bond donors (Lipinski definition) is 0. The quantitative estimate of drug-likeness (QED) is 0.323. The Morgan fingerprint density at radius 1 is 0.643 bits per heavy atom. The second-order valence-electron chi connectivity index (χ2n) is 7.30. The number of allylic oxidation sites excluding steroid dienone is 8. The van der Waals surface area contributed by atoms with Crippen LogP contribution in [0.3, 0.4) is 0 Å². The van der Waals surface area contributed by atoms with Crippen molar-refractivity contribution in [2.24, 2.45) is 0 Å². The maximum Gasteiger partial charge on any atom is -0.147 e. The van der Waals surface area contributed by atoms with E-state index in [2.05, 4.69) is 98.1 Å². The summed E-state index contributed by atoms with van der Waals surface area (Å²) in [6.45, 7) is 5.20. The fourth-order valence-electron chi connectivity index (χ4n) is 4.18. The summed E-state index contributed by atoms with van der Waals surface area (Å²) in [4.78, 5) is 0. The van der Waals surface area contributed by atoms with Gasteiger partial charge in [0, 0.05) is 0 Å². The standard InChI is InChI=1S/2C11H9.C2H7Si.2ClH.Hf/c2*1-2-6-10(7-3-1)11-8-4-5-9-11;1-3-2;;;/h2*1-4,6-8H,5H2;3H,1-2H3;2*1H;. The monoisotopic (exact) mass is 593 g/mol. The molecule has 2 aromatic rings. The van der Waals surface area contributed by atoms with Gasteiger partial charge in [-0.2, -0.15) is 0 Å². The van der Waals surface area contributed by atoms with Gasteiger partial charge in [-0.1, -0.05) is 0 Å². The van der Waals surface area contributed by atoms with Gasteiger partial charge in [0.1, 0.15) is 0 Å². The van der Waals surface area contributed by atoms with Gasteiger partial charge in [-0.15, -0.1) is 24.8 Å². The SMILES string of the molecule is C[SiH](C)[Hf]([C]1=C(c2ccccc2)C=CC1)[C]1=C(c2ccccc2)C=CC1.Cl.Cl. The molecule has 0 aliphatic heterocycles. The maximum atomic E-state index is 2.60. The van der Waals surface area contributed by atoms with Gasteiger partial charge in [-0.05, 0) is 0 Å².